The van der Waals surface area contributed by atoms with Gasteiger partial charge in [0, 0.05) is 6.07 Å². The van der Waals surface area contributed by atoms with E-state index in [0.717, 1.165) is 28.5 Å². The molecule has 0 saturated carbocycles. The average molecular weight is 327 g/mol. The van der Waals surface area contributed by atoms with Crippen LogP contribution in [-0.4, -0.2) is 22.5 Å². The first-order valence-corrected chi connectivity index (χ1v) is 8.10. The Bertz CT molecular complexity index is 817. The van der Waals surface area contributed by atoms with Crippen molar-refractivity contribution < 1.29 is 14.6 Å². The summed E-state index contributed by atoms with van der Waals surface area (Å²) in [6, 6.07) is 14.5. The predicted molar refractivity (Wildman–Crippen MR) is 87.3 cm³/mol. The van der Waals surface area contributed by atoms with Crippen LogP contribution in [0, 0.1) is 0 Å². The first-order chi connectivity index (χ1) is 11.2. The predicted octanol–water partition coefficient (Wildman–Crippen LogP) is 2.54. The van der Waals surface area contributed by atoms with Gasteiger partial charge in [-0.25, -0.2) is 4.98 Å². The van der Waals surface area contributed by atoms with Gasteiger partial charge in [-0.3, -0.25) is 0 Å². The van der Waals surface area contributed by atoms with Gasteiger partial charge in [0.1, 0.15) is 5.75 Å². The minimum atomic E-state index is -1.14. The normalized spacial score (nSPS) is 12.2. The fourth-order valence-electron chi connectivity index (χ4n) is 2.27. The van der Waals surface area contributed by atoms with Gasteiger partial charge >= 0.3 is 0 Å². The van der Waals surface area contributed by atoms with Crippen LogP contribution in [0.25, 0.3) is 11.0 Å². The van der Waals surface area contributed by atoms with E-state index in [-0.39, 0.29) is 0 Å². The number of thioether (sulfide) groups is 1. The average Bonchev–Trinajstić information content (AvgIpc) is 2.95. The number of carboxylic acid groups (broad SMARTS) is 1. The Labute approximate surface area is 137 Å². The highest BCUT2D eigenvalue weighted by Crippen LogP contribution is 2.34. The number of carboxylic acids is 1. The van der Waals surface area contributed by atoms with E-state index in [1.165, 1.54) is 0 Å². The lowest BCUT2D eigenvalue weighted by atomic mass is 10.1. The summed E-state index contributed by atoms with van der Waals surface area (Å²) in [4.78, 5) is 19.0. The maximum Gasteiger partial charge on any atom is 0.167 e. The molecule has 0 amide bonds. The SMILES string of the molecule is CCOc1ccc2nc(S[C@H](C(=O)[O-])c3ccccc3)[nH]c2c1. The van der Waals surface area contributed by atoms with Crippen LogP contribution >= 0.6 is 11.8 Å². The van der Waals surface area contributed by atoms with E-state index in [1.807, 2.05) is 31.2 Å². The zero-order valence-corrected chi connectivity index (χ0v) is 13.3. The molecule has 0 aliphatic heterocycles. The molecule has 6 heteroatoms. The largest absolute Gasteiger partial charge is 0.549 e. The highest BCUT2D eigenvalue weighted by atomic mass is 32.2. The zero-order chi connectivity index (χ0) is 16.2. The number of aromatic amines is 1. The van der Waals surface area contributed by atoms with Crippen LogP contribution in [0.5, 0.6) is 5.75 Å². The number of ether oxygens (including phenoxy) is 1. The Hall–Kier alpha value is -2.47. The summed E-state index contributed by atoms with van der Waals surface area (Å²) in [5.74, 6) is -0.392. The molecule has 3 aromatic rings. The van der Waals surface area contributed by atoms with Gasteiger partial charge in [-0.05, 0) is 24.6 Å². The Balaban J connectivity index is 1.88. The van der Waals surface area contributed by atoms with E-state index < -0.39 is 11.2 Å². The molecule has 0 aliphatic carbocycles. The van der Waals surface area contributed by atoms with Crippen LogP contribution in [-0.2, 0) is 4.79 Å². The highest BCUT2D eigenvalue weighted by molar-refractivity contribution is 8.00. The van der Waals surface area contributed by atoms with Crippen molar-refractivity contribution in [3.05, 3.63) is 54.1 Å². The molecule has 3 rings (SSSR count). The zero-order valence-electron chi connectivity index (χ0n) is 12.5. The number of rotatable bonds is 6. The molecule has 118 valence electrons. The highest BCUT2D eigenvalue weighted by Gasteiger charge is 2.16. The molecule has 1 aromatic heterocycles. The van der Waals surface area contributed by atoms with Crippen LogP contribution in [0.4, 0.5) is 0 Å². The standard InChI is InChI=1S/C17H16N2O3S/c1-2-22-12-8-9-13-14(10-12)19-17(18-13)23-15(16(20)21)11-6-4-3-5-7-11/h3-10,15H,2H2,1H3,(H,18,19)(H,20,21)/p-1/t15-/m0/s1. The van der Waals surface area contributed by atoms with Crippen LogP contribution in [0.15, 0.2) is 53.7 Å². The summed E-state index contributed by atoms with van der Waals surface area (Å²) in [5.41, 5.74) is 2.25. The van der Waals surface area contributed by atoms with E-state index in [9.17, 15) is 9.90 Å². The molecule has 1 heterocycles. The molecular formula is C17H15N2O3S-. The lowest BCUT2D eigenvalue weighted by Crippen LogP contribution is -2.28. The molecule has 0 unspecified atom stereocenters. The summed E-state index contributed by atoms with van der Waals surface area (Å²) >= 11 is 1.13. The van der Waals surface area contributed by atoms with Crippen molar-refractivity contribution in [3.63, 3.8) is 0 Å². The Morgan fingerprint density at radius 3 is 2.78 bits per heavy atom. The second-order valence-electron chi connectivity index (χ2n) is 4.88. The molecule has 23 heavy (non-hydrogen) atoms. The summed E-state index contributed by atoms with van der Waals surface area (Å²) in [7, 11) is 0. The van der Waals surface area contributed by atoms with Crippen molar-refractivity contribution >= 4 is 28.8 Å². The number of carbonyl (C=O) groups is 1. The van der Waals surface area contributed by atoms with Crippen molar-refractivity contribution in [1.82, 2.24) is 9.97 Å². The lowest BCUT2D eigenvalue weighted by molar-refractivity contribution is -0.305. The summed E-state index contributed by atoms with van der Waals surface area (Å²) < 4.78 is 5.45. The maximum absolute atomic E-state index is 11.5. The molecule has 0 saturated heterocycles. The van der Waals surface area contributed by atoms with Gasteiger partial charge in [-0.1, -0.05) is 42.1 Å². The first-order valence-electron chi connectivity index (χ1n) is 7.22. The first kappa shape index (κ1) is 15.4. The summed E-state index contributed by atoms with van der Waals surface area (Å²) in [6.45, 7) is 2.50. The van der Waals surface area contributed by atoms with Gasteiger partial charge in [0.15, 0.2) is 5.16 Å². The maximum atomic E-state index is 11.5. The number of hydrogen-bond acceptors (Lipinski definition) is 5. The van der Waals surface area contributed by atoms with E-state index in [2.05, 4.69) is 9.97 Å². The number of nitrogens with zero attached hydrogens (tertiary/aromatic N) is 1. The Morgan fingerprint density at radius 1 is 1.30 bits per heavy atom. The number of H-pyrrole nitrogens is 1. The van der Waals surface area contributed by atoms with Gasteiger partial charge in [-0.2, -0.15) is 0 Å². The number of carbonyl (C=O) groups excluding carboxylic acids is 1. The number of fused-ring (bicyclic) bond motifs is 1. The van der Waals surface area contributed by atoms with Crippen molar-refractivity contribution in [2.45, 2.75) is 17.3 Å². The van der Waals surface area contributed by atoms with E-state index in [0.29, 0.717) is 17.3 Å². The molecule has 1 atom stereocenters. The summed E-state index contributed by atoms with van der Waals surface area (Å²) in [6.07, 6.45) is 0. The van der Waals surface area contributed by atoms with Crippen LogP contribution < -0.4 is 9.84 Å². The number of nitrogens with one attached hydrogen (secondary N) is 1. The van der Waals surface area contributed by atoms with Gasteiger partial charge in [0.2, 0.25) is 0 Å². The molecule has 0 radical (unpaired) electrons. The van der Waals surface area contributed by atoms with Crippen molar-refractivity contribution in [3.8, 4) is 5.75 Å². The van der Waals surface area contributed by atoms with E-state index in [1.54, 1.807) is 24.3 Å². The molecule has 1 N–H and O–H groups in total. The third kappa shape index (κ3) is 3.48. The molecule has 0 fully saturated rings. The van der Waals surface area contributed by atoms with Crippen molar-refractivity contribution in [2.75, 3.05) is 6.61 Å². The van der Waals surface area contributed by atoms with Gasteiger partial charge in [0.05, 0.1) is 28.9 Å². The van der Waals surface area contributed by atoms with Crippen LogP contribution in [0.1, 0.15) is 17.7 Å². The molecule has 0 bridgehead atoms. The fraction of sp³-hybridized carbons (Fsp3) is 0.176. The number of aromatic nitrogens is 2. The van der Waals surface area contributed by atoms with Gasteiger partial charge < -0.3 is 19.6 Å². The third-order valence-corrected chi connectivity index (χ3v) is 4.41. The van der Waals surface area contributed by atoms with Gasteiger partial charge in [-0.15, -0.1) is 0 Å². The van der Waals surface area contributed by atoms with Crippen molar-refractivity contribution in [2.24, 2.45) is 0 Å². The lowest BCUT2D eigenvalue weighted by Gasteiger charge is -2.16. The van der Waals surface area contributed by atoms with Crippen molar-refractivity contribution in [1.29, 1.82) is 0 Å². The summed E-state index contributed by atoms with van der Waals surface area (Å²) in [5, 5.41) is 11.2. The number of imidazole rings is 1. The fourth-order valence-corrected chi connectivity index (χ4v) is 3.20. The molecule has 0 aliphatic rings. The molecule has 0 spiro atoms. The minimum Gasteiger partial charge on any atom is -0.549 e. The quantitative estimate of drug-likeness (QED) is 0.704. The monoisotopic (exact) mass is 327 g/mol. The van der Waals surface area contributed by atoms with Crippen LogP contribution in [0.3, 0.4) is 0 Å². The molecule has 5 nitrogen and oxygen atoms in total. The Morgan fingerprint density at radius 2 is 2.09 bits per heavy atom. The second kappa shape index (κ2) is 6.75. The van der Waals surface area contributed by atoms with E-state index in [4.69, 9.17) is 4.74 Å². The third-order valence-electron chi connectivity index (χ3n) is 3.29. The van der Waals surface area contributed by atoms with E-state index >= 15 is 0 Å². The smallest absolute Gasteiger partial charge is 0.167 e. The number of aliphatic carboxylic acids is 1. The van der Waals surface area contributed by atoms with Crippen LogP contribution in [0.2, 0.25) is 0 Å². The Kier molecular flexibility index (Phi) is 4.52. The molecular weight excluding hydrogens is 312 g/mol. The number of hydrogen-bond donors (Lipinski definition) is 1. The number of benzene rings is 2. The topological polar surface area (TPSA) is 78.0 Å². The minimum absolute atomic E-state index is 0.534. The molecule has 2 aromatic carbocycles. The van der Waals surface area contributed by atoms with Gasteiger partial charge in [0.25, 0.3) is 0 Å². The second-order valence-corrected chi connectivity index (χ2v) is 5.98.